The Kier molecular flexibility index (Phi) is 3.29. The minimum absolute atomic E-state index is 0.138. The molecule has 0 fully saturated rings. The smallest absolute Gasteiger partial charge is 0.287 e. The van der Waals surface area contributed by atoms with E-state index in [2.05, 4.69) is 10.3 Å². The van der Waals surface area contributed by atoms with Crippen LogP contribution in [0.2, 0.25) is 0 Å². The van der Waals surface area contributed by atoms with Gasteiger partial charge in [-0.2, -0.15) is 0 Å². The second-order valence-corrected chi connectivity index (χ2v) is 2.73. The zero-order chi connectivity index (χ0) is 10.6. The number of pyridine rings is 1. The molecule has 0 aliphatic rings. The second kappa shape index (κ2) is 4.28. The van der Waals surface area contributed by atoms with Gasteiger partial charge in [0.1, 0.15) is 18.2 Å². The number of anilines is 1. The van der Waals surface area contributed by atoms with Gasteiger partial charge in [0, 0.05) is 0 Å². The molecule has 0 spiro atoms. The summed E-state index contributed by atoms with van der Waals surface area (Å²) in [6.45, 7) is -1.97. The van der Waals surface area contributed by atoms with Gasteiger partial charge in [-0.05, 0) is 12.1 Å². The monoisotopic (exact) mass is 206 g/mol. The minimum atomic E-state index is -3.20. The van der Waals surface area contributed by atoms with Gasteiger partial charge in [0.25, 0.3) is 5.92 Å². The molecular formula is C8H9F3N2O. The van der Waals surface area contributed by atoms with Crippen LogP contribution in [-0.4, -0.2) is 29.2 Å². The van der Waals surface area contributed by atoms with E-state index in [1.165, 1.54) is 6.07 Å². The standard InChI is InChI=1S/C8H9F3N2O/c9-6-1-2-7(12-3-6)13-4-8(10,11)5-14/h1-3,14H,4-5H2,(H,12,13). The molecule has 0 saturated heterocycles. The third-order valence-corrected chi connectivity index (χ3v) is 1.49. The summed E-state index contributed by atoms with van der Waals surface area (Å²) in [5.41, 5.74) is 0. The van der Waals surface area contributed by atoms with Gasteiger partial charge in [-0.15, -0.1) is 0 Å². The van der Waals surface area contributed by atoms with Crippen molar-refractivity contribution in [2.45, 2.75) is 5.92 Å². The van der Waals surface area contributed by atoms with E-state index in [1.807, 2.05) is 0 Å². The molecule has 1 aromatic heterocycles. The molecule has 14 heavy (non-hydrogen) atoms. The Hall–Kier alpha value is -1.30. The fraction of sp³-hybridized carbons (Fsp3) is 0.375. The molecule has 0 atom stereocenters. The van der Waals surface area contributed by atoms with Crippen molar-refractivity contribution in [2.24, 2.45) is 0 Å². The average Bonchev–Trinajstić information content (AvgIpc) is 2.17. The molecule has 0 saturated carbocycles. The summed E-state index contributed by atoms with van der Waals surface area (Å²) in [5, 5.41) is 10.5. The molecule has 0 bridgehead atoms. The van der Waals surface area contributed by atoms with Gasteiger partial charge < -0.3 is 10.4 Å². The van der Waals surface area contributed by atoms with Crippen molar-refractivity contribution in [1.82, 2.24) is 4.98 Å². The lowest BCUT2D eigenvalue weighted by molar-refractivity contribution is -0.0373. The first kappa shape index (κ1) is 10.8. The first-order valence-corrected chi connectivity index (χ1v) is 3.87. The number of hydrogen-bond donors (Lipinski definition) is 2. The maximum absolute atomic E-state index is 12.5. The molecule has 6 heteroatoms. The van der Waals surface area contributed by atoms with Crippen LogP contribution in [0.1, 0.15) is 0 Å². The Morgan fingerprint density at radius 3 is 2.64 bits per heavy atom. The van der Waals surface area contributed by atoms with Crippen LogP contribution in [0, 0.1) is 5.82 Å². The summed E-state index contributed by atoms with van der Waals surface area (Å²) in [4.78, 5) is 3.51. The molecule has 0 amide bonds. The van der Waals surface area contributed by atoms with Crippen LogP contribution in [0.25, 0.3) is 0 Å². The van der Waals surface area contributed by atoms with Crippen molar-refractivity contribution >= 4 is 5.82 Å². The van der Waals surface area contributed by atoms with Gasteiger partial charge in [0.2, 0.25) is 0 Å². The zero-order valence-electron chi connectivity index (χ0n) is 7.17. The van der Waals surface area contributed by atoms with Crippen LogP contribution >= 0.6 is 0 Å². The molecule has 0 aromatic carbocycles. The number of aliphatic hydroxyl groups is 1. The highest BCUT2D eigenvalue weighted by atomic mass is 19.3. The lowest BCUT2D eigenvalue weighted by atomic mass is 10.3. The molecule has 0 aliphatic carbocycles. The lowest BCUT2D eigenvalue weighted by Crippen LogP contribution is -2.31. The molecule has 0 radical (unpaired) electrons. The fourth-order valence-electron chi connectivity index (χ4n) is 0.756. The molecule has 0 unspecified atom stereocenters. The van der Waals surface area contributed by atoms with Gasteiger partial charge in [0.05, 0.1) is 12.7 Å². The number of aliphatic hydroxyl groups excluding tert-OH is 1. The van der Waals surface area contributed by atoms with Crippen LogP contribution < -0.4 is 5.32 Å². The van der Waals surface area contributed by atoms with Gasteiger partial charge in [-0.25, -0.2) is 18.2 Å². The zero-order valence-corrected chi connectivity index (χ0v) is 7.17. The summed E-state index contributed by atoms with van der Waals surface area (Å²) >= 11 is 0. The molecule has 78 valence electrons. The van der Waals surface area contributed by atoms with Crippen LogP contribution in [0.5, 0.6) is 0 Å². The van der Waals surface area contributed by atoms with E-state index in [-0.39, 0.29) is 5.82 Å². The summed E-state index contributed by atoms with van der Waals surface area (Å²) in [6, 6.07) is 2.34. The minimum Gasteiger partial charge on any atom is -0.390 e. The van der Waals surface area contributed by atoms with E-state index < -0.39 is 24.9 Å². The van der Waals surface area contributed by atoms with Gasteiger partial charge in [-0.1, -0.05) is 0 Å². The van der Waals surface area contributed by atoms with E-state index in [9.17, 15) is 13.2 Å². The Bertz CT molecular complexity index is 289. The first-order chi connectivity index (χ1) is 6.53. The molecule has 2 N–H and O–H groups in total. The topological polar surface area (TPSA) is 45.1 Å². The molecule has 1 aromatic rings. The second-order valence-electron chi connectivity index (χ2n) is 2.73. The highest BCUT2D eigenvalue weighted by molar-refractivity contribution is 5.33. The SMILES string of the molecule is OCC(F)(F)CNc1ccc(F)cn1. The normalized spacial score (nSPS) is 11.4. The molecular weight excluding hydrogens is 197 g/mol. The maximum atomic E-state index is 12.5. The molecule has 1 rings (SSSR count). The Morgan fingerprint density at radius 2 is 2.14 bits per heavy atom. The quantitative estimate of drug-likeness (QED) is 0.779. The average molecular weight is 206 g/mol. The number of halogens is 3. The predicted octanol–water partition coefficient (Wildman–Crippen LogP) is 1.26. The van der Waals surface area contributed by atoms with Crippen LogP contribution in [-0.2, 0) is 0 Å². The highest BCUT2D eigenvalue weighted by Gasteiger charge is 2.27. The lowest BCUT2D eigenvalue weighted by Gasteiger charge is -2.13. The molecule has 0 aliphatic heterocycles. The van der Waals surface area contributed by atoms with Gasteiger partial charge >= 0.3 is 0 Å². The Morgan fingerprint density at radius 1 is 1.43 bits per heavy atom. The number of hydrogen-bond acceptors (Lipinski definition) is 3. The summed E-state index contributed by atoms with van der Waals surface area (Å²) in [6.07, 6.45) is 0.916. The van der Waals surface area contributed by atoms with Crippen molar-refractivity contribution in [3.05, 3.63) is 24.1 Å². The number of alkyl halides is 2. The predicted molar refractivity (Wildman–Crippen MR) is 44.7 cm³/mol. The van der Waals surface area contributed by atoms with Gasteiger partial charge in [0.15, 0.2) is 0 Å². The van der Waals surface area contributed by atoms with Gasteiger partial charge in [-0.3, -0.25) is 0 Å². The highest BCUT2D eigenvalue weighted by Crippen LogP contribution is 2.13. The van der Waals surface area contributed by atoms with E-state index in [0.29, 0.717) is 0 Å². The van der Waals surface area contributed by atoms with Crippen LogP contribution in [0.3, 0.4) is 0 Å². The Balaban J connectivity index is 2.50. The maximum Gasteiger partial charge on any atom is 0.287 e. The Labute approximate surface area is 78.6 Å². The fourth-order valence-corrected chi connectivity index (χ4v) is 0.756. The first-order valence-electron chi connectivity index (χ1n) is 3.87. The summed E-state index contributed by atoms with van der Waals surface area (Å²) in [5.74, 6) is -3.60. The largest absolute Gasteiger partial charge is 0.390 e. The molecule has 1 heterocycles. The molecule has 3 nitrogen and oxygen atoms in total. The van der Waals surface area contributed by atoms with Crippen molar-refractivity contribution < 1.29 is 18.3 Å². The van der Waals surface area contributed by atoms with Crippen molar-refractivity contribution in [2.75, 3.05) is 18.5 Å². The third-order valence-electron chi connectivity index (χ3n) is 1.49. The van der Waals surface area contributed by atoms with Crippen molar-refractivity contribution in [3.63, 3.8) is 0 Å². The van der Waals surface area contributed by atoms with E-state index in [0.717, 1.165) is 12.3 Å². The van der Waals surface area contributed by atoms with E-state index in [1.54, 1.807) is 0 Å². The number of nitrogens with one attached hydrogen (secondary N) is 1. The number of rotatable bonds is 4. The third kappa shape index (κ3) is 3.21. The van der Waals surface area contributed by atoms with Crippen LogP contribution in [0.15, 0.2) is 18.3 Å². The summed E-state index contributed by atoms with van der Waals surface area (Å²) < 4.78 is 37.4. The number of aromatic nitrogens is 1. The summed E-state index contributed by atoms with van der Waals surface area (Å²) in [7, 11) is 0. The van der Waals surface area contributed by atoms with E-state index >= 15 is 0 Å². The van der Waals surface area contributed by atoms with Crippen LogP contribution in [0.4, 0.5) is 19.0 Å². The van der Waals surface area contributed by atoms with Crippen molar-refractivity contribution in [1.29, 1.82) is 0 Å². The van der Waals surface area contributed by atoms with E-state index in [4.69, 9.17) is 5.11 Å². The van der Waals surface area contributed by atoms with Crippen molar-refractivity contribution in [3.8, 4) is 0 Å². The number of nitrogens with zero attached hydrogens (tertiary/aromatic N) is 1.